The van der Waals surface area contributed by atoms with E-state index in [1.165, 1.54) is 0 Å². The van der Waals surface area contributed by atoms with Crippen LogP contribution in [0, 0.1) is 11.6 Å². The molecular weight excluding hydrogens is 272 g/mol. The van der Waals surface area contributed by atoms with Gasteiger partial charge in [-0.15, -0.1) is 0 Å². The molecule has 1 atom stereocenters. The molecule has 0 fully saturated rings. The van der Waals surface area contributed by atoms with Crippen LogP contribution in [-0.4, -0.2) is 37.2 Å². The van der Waals surface area contributed by atoms with E-state index in [0.29, 0.717) is 12.1 Å². The summed E-state index contributed by atoms with van der Waals surface area (Å²) in [6.07, 6.45) is -1.96. The molecule has 1 rings (SSSR count). The highest BCUT2D eigenvalue weighted by atomic mass is 32.2. The van der Waals surface area contributed by atoms with Crippen LogP contribution in [-0.2, 0) is 14.8 Å². The first-order chi connectivity index (χ1) is 8.24. The van der Waals surface area contributed by atoms with E-state index in [1.54, 1.807) is 4.72 Å². The fourth-order valence-electron chi connectivity index (χ4n) is 1.05. The molecule has 0 heterocycles. The molecule has 0 aliphatic carbocycles. The normalized spacial score (nSPS) is 13.3. The number of aliphatic hydroxyl groups is 1. The maximum Gasteiger partial charge on any atom is 0.333 e. The van der Waals surface area contributed by atoms with Crippen LogP contribution in [0.2, 0.25) is 0 Å². The Balaban J connectivity index is 2.90. The number of nitrogens with one attached hydrogen (secondary N) is 1. The summed E-state index contributed by atoms with van der Waals surface area (Å²) in [6, 6.07) is 1.81. The fourth-order valence-corrected chi connectivity index (χ4v) is 2.14. The van der Waals surface area contributed by atoms with Crippen LogP contribution in [0.25, 0.3) is 0 Å². The van der Waals surface area contributed by atoms with Crippen molar-refractivity contribution in [3.63, 3.8) is 0 Å². The summed E-state index contributed by atoms with van der Waals surface area (Å²) in [5, 5.41) is 17.2. The summed E-state index contributed by atoms with van der Waals surface area (Å²) in [5.74, 6) is -3.89. The van der Waals surface area contributed by atoms with Gasteiger partial charge in [-0.25, -0.2) is 26.7 Å². The molecule has 0 aliphatic rings. The smallest absolute Gasteiger partial charge is 0.333 e. The van der Waals surface area contributed by atoms with Crippen LogP contribution < -0.4 is 4.72 Å². The Morgan fingerprint density at radius 3 is 2.50 bits per heavy atom. The van der Waals surface area contributed by atoms with Crippen LogP contribution in [0.15, 0.2) is 23.1 Å². The Morgan fingerprint density at radius 1 is 1.39 bits per heavy atom. The first kappa shape index (κ1) is 14.5. The predicted molar refractivity (Wildman–Crippen MR) is 55.2 cm³/mol. The number of benzene rings is 1. The number of aliphatic carboxylic acids is 1. The number of rotatable bonds is 5. The highest BCUT2D eigenvalue weighted by molar-refractivity contribution is 7.89. The van der Waals surface area contributed by atoms with Gasteiger partial charge in [-0.1, -0.05) is 0 Å². The lowest BCUT2D eigenvalue weighted by Gasteiger charge is -2.09. The highest BCUT2D eigenvalue weighted by Gasteiger charge is 2.22. The van der Waals surface area contributed by atoms with Gasteiger partial charge in [0.15, 0.2) is 6.10 Å². The molecule has 0 amide bonds. The summed E-state index contributed by atoms with van der Waals surface area (Å²) in [4.78, 5) is 9.42. The number of carboxylic acids is 1. The molecule has 1 aromatic carbocycles. The summed E-state index contributed by atoms with van der Waals surface area (Å²) < 4.78 is 50.5. The zero-order valence-electron chi connectivity index (χ0n) is 8.80. The minimum atomic E-state index is -4.35. The molecule has 9 heteroatoms. The number of carbonyl (C=O) groups is 1. The number of halogens is 2. The van der Waals surface area contributed by atoms with Gasteiger partial charge in [-0.05, 0) is 12.1 Å². The van der Waals surface area contributed by atoms with E-state index >= 15 is 0 Å². The largest absolute Gasteiger partial charge is 0.479 e. The summed E-state index contributed by atoms with van der Waals surface area (Å²) in [6.45, 7) is -0.825. The van der Waals surface area contributed by atoms with E-state index in [-0.39, 0.29) is 0 Å². The van der Waals surface area contributed by atoms with Crippen molar-refractivity contribution in [2.24, 2.45) is 0 Å². The van der Waals surface area contributed by atoms with E-state index in [2.05, 4.69) is 0 Å². The quantitative estimate of drug-likeness (QED) is 0.686. The first-order valence-corrected chi connectivity index (χ1v) is 6.08. The summed E-state index contributed by atoms with van der Waals surface area (Å²) >= 11 is 0. The molecule has 0 saturated carbocycles. The minimum absolute atomic E-state index is 0.377. The molecule has 3 N–H and O–H groups in total. The summed E-state index contributed by atoms with van der Waals surface area (Å²) in [7, 11) is -4.35. The van der Waals surface area contributed by atoms with Gasteiger partial charge in [-0.2, -0.15) is 0 Å². The van der Waals surface area contributed by atoms with Crippen molar-refractivity contribution in [2.75, 3.05) is 6.54 Å². The lowest BCUT2D eigenvalue weighted by molar-refractivity contribution is -0.146. The Bertz CT molecular complexity index is 560. The average Bonchev–Trinajstić information content (AvgIpc) is 2.25. The molecule has 0 radical (unpaired) electrons. The van der Waals surface area contributed by atoms with E-state index in [1.807, 2.05) is 0 Å². The van der Waals surface area contributed by atoms with Crippen LogP contribution in [0.1, 0.15) is 0 Å². The van der Waals surface area contributed by atoms with Crippen molar-refractivity contribution in [3.8, 4) is 0 Å². The molecular formula is C9H9F2NO5S. The molecule has 0 aromatic heterocycles. The van der Waals surface area contributed by atoms with Crippen molar-refractivity contribution in [3.05, 3.63) is 29.8 Å². The third-order valence-corrected chi connectivity index (χ3v) is 3.39. The number of hydrogen-bond acceptors (Lipinski definition) is 4. The standard InChI is InChI=1S/C9H9F2NO5S/c10-5-1-2-8(6(11)3-5)18(16,17)12-4-7(13)9(14)15/h1-3,7,12-13H,4H2,(H,14,15)/t7-/m0/s1. The van der Waals surface area contributed by atoms with Gasteiger partial charge in [0.2, 0.25) is 10.0 Å². The monoisotopic (exact) mass is 281 g/mol. The van der Waals surface area contributed by atoms with Crippen molar-refractivity contribution in [1.29, 1.82) is 0 Å². The lowest BCUT2D eigenvalue weighted by Crippen LogP contribution is -2.36. The maximum absolute atomic E-state index is 13.2. The van der Waals surface area contributed by atoms with Gasteiger partial charge in [0.05, 0.1) is 0 Å². The van der Waals surface area contributed by atoms with Gasteiger partial charge < -0.3 is 10.2 Å². The topological polar surface area (TPSA) is 104 Å². The van der Waals surface area contributed by atoms with Gasteiger partial charge in [-0.3, -0.25) is 0 Å². The Kier molecular flexibility index (Phi) is 4.33. The van der Waals surface area contributed by atoms with Crippen molar-refractivity contribution < 1.29 is 32.2 Å². The van der Waals surface area contributed by atoms with E-state index in [4.69, 9.17) is 10.2 Å². The van der Waals surface area contributed by atoms with Gasteiger partial charge in [0, 0.05) is 12.6 Å². The second-order valence-corrected chi connectivity index (χ2v) is 5.02. The SMILES string of the molecule is O=C(O)[C@@H](O)CNS(=O)(=O)c1ccc(F)cc1F. The Morgan fingerprint density at radius 2 is 2.00 bits per heavy atom. The van der Waals surface area contributed by atoms with Crippen LogP contribution in [0.5, 0.6) is 0 Å². The Labute approximate surface area is 101 Å². The molecule has 18 heavy (non-hydrogen) atoms. The van der Waals surface area contributed by atoms with Crippen LogP contribution in [0.4, 0.5) is 8.78 Å². The zero-order chi connectivity index (χ0) is 13.9. The molecule has 6 nitrogen and oxygen atoms in total. The first-order valence-electron chi connectivity index (χ1n) is 4.59. The third kappa shape index (κ3) is 3.45. The molecule has 0 bridgehead atoms. The van der Waals surface area contributed by atoms with Crippen molar-refractivity contribution >= 4 is 16.0 Å². The van der Waals surface area contributed by atoms with Crippen LogP contribution in [0.3, 0.4) is 0 Å². The van der Waals surface area contributed by atoms with E-state index in [9.17, 15) is 22.0 Å². The Hall–Kier alpha value is -1.58. The van der Waals surface area contributed by atoms with Gasteiger partial charge in [0.25, 0.3) is 0 Å². The fraction of sp³-hybridized carbons (Fsp3) is 0.222. The summed E-state index contributed by atoms with van der Waals surface area (Å²) in [5.41, 5.74) is 0. The third-order valence-electron chi connectivity index (χ3n) is 1.94. The maximum atomic E-state index is 13.2. The molecule has 100 valence electrons. The average molecular weight is 281 g/mol. The molecule has 0 aliphatic heterocycles. The van der Waals surface area contributed by atoms with Gasteiger partial charge >= 0.3 is 5.97 Å². The molecule has 0 spiro atoms. The predicted octanol–water partition coefficient (Wildman–Crippen LogP) is -0.311. The van der Waals surface area contributed by atoms with Crippen molar-refractivity contribution in [2.45, 2.75) is 11.0 Å². The molecule has 0 unspecified atom stereocenters. The van der Waals surface area contributed by atoms with Gasteiger partial charge in [0.1, 0.15) is 16.5 Å². The van der Waals surface area contributed by atoms with E-state index < -0.39 is 45.2 Å². The lowest BCUT2D eigenvalue weighted by atomic mass is 10.3. The van der Waals surface area contributed by atoms with Crippen molar-refractivity contribution in [1.82, 2.24) is 4.72 Å². The number of carboxylic acid groups (broad SMARTS) is 1. The number of sulfonamides is 1. The molecule has 0 saturated heterocycles. The second kappa shape index (κ2) is 5.38. The van der Waals surface area contributed by atoms with Crippen LogP contribution >= 0.6 is 0 Å². The minimum Gasteiger partial charge on any atom is -0.479 e. The number of hydrogen-bond donors (Lipinski definition) is 3. The number of aliphatic hydroxyl groups excluding tert-OH is 1. The van der Waals surface area contributed by atoms with E-state index in [0.717, 1.165) is 6.07 Å². The zero-order valence-corrected chi connectivity index (χ0v) is 9.62. The molecule has 1 aromatic rings. The highest BCUT2D eigenvalue weighted by Crippen LogP contribution is 2.15. The second-order valence-electron chi connectivity index (χ2n) is 3.28.